The average molecular weight is 410 g/mol. The molecule has 0 fully saturated rings. The fraction of sp³-hybridized carbons (Fsp3) is 0.0952. The summed E-state index contributed by atoms with van der Waals surface area (Å²) in [5, 5.41) is 13.7. The van der Waals surface area contributed by atoms with Crippen LogP contribution in [0, 0.1) is 5.82 Å². The fourth-order valence-corrected chi connectivity index (χ4v) is 2.37. The largest absolute Gasteiger partial charge is 0.478 e. The summed E-state index contributed by atoms with van der Waals surface area (Å²) in [6, 6.07) is 11.6. The van der Waals surface area contributed by atoms with E-state index in [9.17, 15) is 18.8 Å². The number of nitrogens with zero attached hydrogens (tertiary/aromatic N) is 2. The molecule has 0 saturated carbocycles. The van der Waals surface area contributed by atoms with Gasteiger partial charge in [0.05, 0.1) is 8.30 Å². The number of aromatic nitrogens is 2. The SMILES string of the molecule is [2H]C([2H])(NC(=O)c1cc(C(=O)NCc2ccc(F)cc2)ncn1)c1ccc(C(=O)O)cc1. The third-order valence-corrected chi connectivity index (χ3v) is 3.95. The Morgan fingerprint density at radius 2 is 1.47 bits per heavy atom. The summed E-state index contributed by atoms with van der Waals surface area (Å²) in [4.78, 5) is 43.3. The molecule has 9 heteroatoms. The Morgan fingerprint density at radius 3 is 2.07 bits per heavy atom. The highest BCUT2D eigenvalue weighted by Gasteiger charge is 2.13. The summed E-state index contributed by atoms with van der Waals surface area (Å²) in [7, 11) is 0. The number of aromatic carboxylic acids is 1. The summed E-state index contributed by atoms with van der Waals surface area (Å²) in [5.74, 6) is -3.05. The van der Waals surface area contributed by atoms with Crippen molar-refractivity contribution < 1.29 is 26.6 Å². The van der Waals surface area contributed by atoms with E-state index in [-0.39, 0.29) is 29.1 Å². The van der Waals surface area contributed by atoms with Crippen LogP contribution >= 0.6 is 0 Å². The van der Waals surface area contributed by atoms with Gasteiger partial charge >= 0.3 is 5.97 Å². The van der Waals surface area contributed by atoms with Crippen LogP contribution in [0.2, 0.25) is 0 Å². The first-order chi connectivity index (χ1) is 15.2. The van der Waals surface area contributed by atoms with Crippen molar-refractivity contribution in [3.8, 4) is 0 Å². The van der Waals surface area contributed by atoms with Gasteiger partial charge in [0.1, 0.15) is 23.5 Å². The zero-order valence-corrected chi connectivity index (χ0v) is 15.4. The lowest BCUT2D eigenvalue weighted by Crippen LogP contribution is -2.27. The van der Waals surface area contributed by atoms with Crippen LogP contribution in [-0.2, 0) is 13.0 Å². The van der Waals surface area contributed by atoms with Crippen LogP contribution in [0.3, 0.4) is 0 Å². The fourth-order valence-electron chi connectivity index (χ4n) is 2.37. The zero-order valence-electron chi connectivity index (χ0n) is 17.4. The lowest BCUT2D eigenvalue weighted by Gasteiger charge is -2.07. The Bertz CT molecular complexity index is 1160. The van der Waals surface area contributed by atoms with Crippen LogP contribution in [-0.4, -0.2) is 32.9 Å². The molecule has 0 bridgehead atoms. The lowest BCUT2D eigenvalue weighted by atomic mass is 10.1. The number of carboxylic acid groups (broad SMARTS) is 1. The molecular formula is C21H17FN4O4. The number of carbonyl (C=O) groups is 3. The van der Waals surface area contributed by atoms with Gasteiger partial charge in [-0.15, -0.1) is 0 Å². The summed E-state index contributed by atoms with van der Waals surface area (Å²) in [5.41, 5.74) is 0.315. The van der Waals surface area contributed by atoms with Gasteiger partial charge < -0.3 is 15.7 Å². The second-order valence-electron chi connectivity index (χ2n) is 6.06. The minimum absolute atomic E-state index is 0.0250. The van der Waals surface area contributed by atoms with Gasteiger partial charge in [-0.3, -0.25) is 9.59 Å². The summed E-state index contributed by atoms with van der Waals surface area (Å²) < 4.78 is 29.1. The first kappa shape index (κ1) is 17.9. The second kappa shape index (κ2) is 9.37. The molecule has 3 aromatic rings. The normalized spacial score (nSPS) is 11.8. The molecule has 2 amide bonds. The maximum absolute atomic E-state index is 13.0. The van der Waals surface area contributed by atoms with Gasteiger partial charge in [-0.2, -0.15) is 0 Å². The highest BCUT2D eigenvalue weighted by molar-refractivity contribution is 5.97. The van der Waals surface area contributed by atoms with Gasteiger partial charge in [0.15, 0.2) is 0 Å². The molecule has 1 aromatic heterocycles. The molecule has 0 unspecified atom stereocenters. The first-order valence-electron chi connectivity index (χ1n) is 9.67. The van der Waals surface area contributed by atoms with Crippen molar-refractivity contribution in [1.29, 1.82) is 0 Å². The highest BCUT2D eigenvalue weighted by atomic mass is 19.1. The first-order valence-corrected chi connectivity index (χ1v) is 8.67. The van der Waals surface area contributed by atoms with Crippen LogP contribution < -0.4 is 10.6 Å². The number of carboxylic acids is 1. The van der Waals surface area contributed by atoms with E-state index in [0.29, 0.717) is 5.56 Å². The molecule has 0 radical (unpaired) electrons. The highest BCUT2D eigenvalue weighted by Crippen LogP contribution is 2.06. The van der Waals surface area contributed by atoms with Crippen molar-refractivity contribution in [2.45, 2.75) is 13.0 Å². The van der Waals surface area contributed by atoms with Crippen LogP contribution in [0.5, 0.6) is 0 Å². The van der Waals surface area contributed by atoms with Gasteiger partial charge in [0.25, 0.3) is 11.8 Å². The number of benzene rings is 2. The van der Waals surface area contributed by atoms with E-state index < -0.39 is 30.1 Å². The summed E-state index contributed by atoms with van der Waals surface area (Å²) in [6.45, 7) is -2.22. The summed E-state index contributed by atoms with van der Waals surface area (Å²) in [6.07, 6.45) is 0.999. The number of rotatable bonds is 7. The van der Waals surface area contributed by atoms with Gasteiger partial charge in [-0.1, -0.05) is 24.3 Å². The van der Waals surface area contributed by atoms with Gasteiger partial charge in [0, 0.05) is 19.1 Å². The summed E-state index contributed by atoms with van der Waals surface area (Å²) >= 11 is 0. The Kier molecular flexibility index (Phi) is 5.60. The number of amides is 2. The Hall–Kier alpha value is -4.14. The molecule has 0 aliphatic heterocycles. The standard InChI is InChI=1S/C21H17FN4O4/c22-16-7-3-14(4-8-16)11-24-20(28)18-9-17(25-12-26-18)19(27)23-10-13-1-5-15(6-2-13)21(29)30/h1-9,12H,10-11H2,(H,23,27)(H,24,28)(H,29,30)/i10D2. The van der Waals surface area contributed by atoms with Crippen LogP contribution in [0.15, 0.2) is 60.9 Å². The Labute approximate surface area is 173 Å². The van der Waals surface area contributed by atoms with E-state index in [4.69, 9.17) is 7.85 Å². The molecule has 152 valence electrons. The van der Waals surface area contributed by atoms with Crippen molar-refractivity contribution in [3.05, 3.63) is 94.8 Å². The van der Waals surface area contributed by atoms with Crippen molar-refractivity contribution in [1.82, 2.24) is 20.6 Å². The van der Waals surface area contributed by atoms with E-state index in [1.165, 1.54) is 48.5 Å². The minimum Gasteiger partial charge on any atom is -0.478 e. The van der Waals surface area contributed by atoms with Crippen molar-refractivity contribution in [2.75, 3.05) is 0 Å². The van der Waals surface area contributed by atoms with E-state index in [0.717, 1.165) is 12.4 Å². The van der Waals surface area contributed by atoms with Crippen LogP contribution in [0.4, 0.5) is 4.39 Å². The monoisotopic (exact) mass is 410 g/mol. The third kappa shape index (κ3) is 5.44. The zero-order chi connectivity index (χ0) is 23.3. The topological polar surface area (TPSA) is 121 Å². The minimum atomic E-state index is -2.33. The third-order valence-electron chi connectivity index (χ3n) is 3.95. The average Bonchev–Trinajstić information content (AvgIpc) is 2.78. The van der Waals surface area contributed by atoms with Gasteiger partial charge in [-0.25, -0.2) is 19.2 Å². The molecule has 0 saturated heterocycles. The molecule has 30 heavy (non-hydrogen) atoms. The molecule has 0 spiro atoms. The molecule has 0 aliphatic rings. The number of carbonyl (C=O) groups excluding carboxylic acids is 2. The van der Waals surface area contributed by atoms with Crippen LogP contribution in [0.1, 0.15) is 45.2 Å². The number of halogens is 1. The van der Waals surface area contributed by atoms with Crippen molar-refractivity contribution in [3.63, 3.8) is 0 Å². The maximum Gasteiger partial charge on any atom is 0.335 e. The molecule has 0 atom stereocenters. The number of hydrogen-bond acceptors (Lipinski definition) is 5. The van der Waals surface area contributed by atoms with Crippen molar-refractivity contribution in [2.24, 2.45) is 0 Å². The number of nitrogens with one attached hydrogen (secondary N) is 2. The number of hydrogen-bond donors (Lipinski definition) is 3. The predicted molar refractivity (Wildman–Crippen MR) is 104 cm³/mol. The lowest BCUT2D eigenvalue weighted by molar-refractivity contribution is 0.0696. The Morgan fingerprint density at radius 1 is 0.900 bits per heavy atom. The molecule has 8 nitrogen and oxygen atoms in total. The predicted octanol–water partition coefficient (Wildman–Crippen LogP) is 2.17. The molecular weight excluding hydrogens is 391 g/mol. The molecule has 3 N–H and O–H groups in total. The molecule has 3 rings (SSSR count). The second-order valence-corrected chi connectivity index (χ2v) is 6.06. The Balaban J connectivity index is 1.67. The maximum atomic E-state index is 13.0. The van der Waals surface area contributed by atoms with E-state index in [1.54, 1.807) is 0 Å². The van der Waals surface area contributed by atoms with Gasteiger partial charge in [-0.05, 0) is 35.4 Å². The van der Waals surface area contributed by atoms with E-state index >= 15 is 0 Å². The van der Waals surface area contributed by atoms with Gasteiger partial charge in [0.2, 0.25) is 0 Å². The van der Waals surface area contributed by atoms with E-state index in [1.807, 2.05) is 0 Å². The quantitative estimate of drug-likeness (QED) is 0.549. The van der Waals surface area contributed by atoms with E-state index in [2.05, 4.69) is 20.6 Å². The van der Waals surface area contributed by atoms with Crippen molar-refractivity contribution >= 4 is 17.8 Å². The van der Waals surface area contributed by atoms with Crippen LogP contribution in [0.25, 0.3) is 0 Å². The molecule has 0 aliphatic carbocycles. The smallest absolute Gasteiger partial charge is 0.335 e. The molecule has 1 heterocycles. The molecule has 2 aromatic carbocycles.